The van der Waals surface area contributed by atoms with Crippen LogP contribution in [-0.2, 0) is 38.5 Å². The van der Waals surface area contributed by atoms with Gasteiger partial charge in [-0.2, -0.15) is 13.2 Å². The van der Waals surface area contributed by atoms with Crippen molar-refractivity contribution in [1.82, 2.24) is 4.57 Å². The van der Waals surface area contributed by atoms with Crippen LogP contribution in [0.4, 0.5) is 17.6 Å². The van der Waals surface area contributed by atoms with Gasteiger partial charge in [0.25, 0.3) is 0 Å². The summed E-state index contributed by atoms with van der Waals surface area (Å²) in [5.74, 6) is -1.08. The van der Waals surface area contributed by atoms with Crippen LogP contribution in [0.5, 0.6) is 0 Å². The molecule has 0 atom stereocenters. The van der Waals surface area contributed by atoms with Crippen LogP contribution in [0.25, 0.3) is 10.9 Å². The van der Waals surface area contributed by atoms with Crippen molar-refractivity contribution in [1.29, 1.82) is 0 Å². The van der Waals surface area contributed by atoms with Gasteiger partial charge in [-0.25, -0.2) is 12.8 Å². The first kappa shape index (κ1) is 23.8. The number of rotatable bonds is 6. The van der Waals surface area contributed by atoms with Gasteiger partial charge in [0.05, 0.1) is 23.5 Å². The first-order valence-electron chi connectivity index (χ1n) is 9.66. The van der Waals surface area contributed by atoms with Crippen molar-refractivity contribution in [2.75, 3.05) is 12.9 Å². The molecule has 2 aromatic carbocycles. The van der Waals surface area contributed by atoms with Gasteiger partial charge >= 0.3 is 12.1 Å². The number of alkyl halides is 3. The van der Waals surface area contributed by atoms with Crippen LogP contribution in [0.2, 0.25) is 0 Å². The van der Waals surface area contributed by atoms with Gasteiger partial charge in [0.2, 0.25) is 0 Å². The third-order valence-electron chi connectivity index (χ3n) is 5.19. The van der Waals surface area contributed by atoms with E-state index in [-0.39, 0.29) is 25.1 Å². The van der Waals surface area contributed by atoms with E-state index >= 15 is 0 Å². The predicted molar refractivity (Wildman–Crippen MR) is 111 cm³/mol. The molecule has 0 aliphatic rings. The Bertz CT molecular complexity index is 1290. The number of ether oxygens (including phenoxy) is 1. The minimum absolute atomic E-state index is 0.156. The second-order valence-corrected chi connectivity index (χ2v) is 9.40. The lowest BCUT2D eigenvalue weighted by atomic mass is 10.1. The smallest absolute Gasteiger partial charge is 0.416 e. The summed E-state index contributed by atoms with van der Waals surface area (Å²) in [6.45, 7) is 3.18. The quantitative estimate of drug-likeness (QED) is 0.387. The molecule has 0 radical (unpaired) electrons. The molecule has 0 aliphatic heterocycles. The van der Waals surface area contributed by atoms with E-state index in [2.05, 4.69) is 0 Å². The van der Waals surface area contributed by atoms with Crippen molar-refractivity contribution in [2.24, 2.45) is 0 Å². The number of carbonyl (C=O) groups excluding carboxylic acids is 1. The van der Waals surface area contributed by atoms with E-state index in [9.17, 15) is 30.8 Å². The minimum Gasteiger partial charge on any atom is -0.466 e. The van der Waals surface area contributed by atoms with Gasteiger partial charge in [0, 0.05) is 29.4 Å². The van der Waals surface area contributed by atoms with Crippen LogP contribution in [-0.4, -0.2) is 31.8 Å². The van der Waals surface area contributed by atoms with E-state index in [1.54, 1.807) is 18.4 Å². The Kier molecular flexibility index (Phi) is 6.37. The van der Waals surface area contributed by atoms with Gasteiger partial charge in [0.1, 0.15) is 5.82 Å². The number of hydrogen-bond donors (Lipinski definition) is 0. The van der Waals surface area contributed by atoms with E-state index in [4.69, 9.17) is 4.74 Å². The summed E-state index contributed by atoms with van der Waals surface area (Å²) in [4.78, 5) is 11.6. The fraction of sp³-hybridized carbons (Fsp3) is 0.318. The maximum absolute atomic E-state index is 13.9. The Morgan fingerprint density at radius 2 is 1.81 bits per heavy atom. The molecule has 0 saturated carbocycles. The van der Waals surface area contributed by atoms with Crippen molar-refractivity contribution >= 4 is 26.7 Å². The predicted octanol–water partition coefficient (Wildman–Crippen LogP) is 4.67. The highest BCUT2D eigenvalue weighted by atomic mass is 32.2. The largest absolute Gasteiger partial charge is 0.466 e. The first-order valence-corrected chi connectivity index (χ1v) is 11.5. The number of esters is 1. The molecule has 1 heterocycles. The van der Waals surface area contributed by atoms with E-state index in [0.29, 0.717) is 28.2 Å². The van der Waals surface area contributed by atoms with Gasteiger partial charge in [0.15, 0.2) is 9.84 Å². The van der Waals surface area contributed by atoms with E-state index in [1.807, 2.05) is 0 Å². The molecule has 5 nitrogen and oxygen atoms in total. The molecule has 0 unspecified atom stereocenters. The lowest BCUT2D eigenvalue weighted by Crippen LogP contribution is -2.14. The first-order chi connectivity index (χ1) is 14.8. The van der Waals surface area contributed by atoms with Gasteiger partial charge in [-0.05, 0) is 55.3 Å². The summed E-state index contributed by atoms with van der Waals surface area (Å²) in [6.07, 6.45) is -4.11. The number of fused-ring (bicyclic) bond motifs is 1. The molecule has 10 heteroatoms. The zero-order chi connectivity index (χ0) is 23.8. The second kappa shape index (κ2) is 8.57. The van der Waals surface area contributed by atoms with Crippen LogP contribution < -0.4 is 0 Å². The highest BCUT2D eigenvalue weighted by molar-refractivity contribution is 7.90. The SMILES string of the molecule is CCOC(=O)Cc1c(C)n(Cc2ccc(S(C)(=O)=O)cc2C(F)(F)F)c2ccc(F)cc12. The number of nitrogens with zero attached hydrogens (tertiary/aromatic N) is 1. The minimum atomic E-state index is -4.78. The molecular weight excluding hydrogens is 450 g/mol. The van der Waals surface area contributed by atoms with Crippen molar-refractivity contribution in [3.05, 3.63) is 64.6 Å². The van der Waals surface area contributed by atoms with Crippen molar-refractivity contribution in [3.8, 4) is 0 Å². The summed E-state index contributed by atoms with van der Waals surface area (Å²) < 4.78 is 85.1. The Morgan fingerprint density at radius 3 is 2.41 bits per heavy atom. The Hall–Kier alpha value is -2.88. The summed E-state index contributed by atoms with van der Waals surface area (Å²) in [6, 6.07) is 6.71. The summed E-state index contributed by atoms with van der Waals surface area (Å²) >= 11 is 0. The second-order valence-electron chi connectivity index (χ2n) is 7.38. The van der Waals surface area contributed by atoms with Gasteiger partial charge in [-0.15, -0.1) is 0 Å². The lowest BCUT2D eigenvalue weighted by molar-refractivity contribution is -0.142. The molecule has 0 aliphatic carbocycles. The highest BCUT2D eigenvalue weighted by Crippen LogP contribution is 2.35. The summed E-state index contributed by atoms with van der Waals surface area (Å²) in [5.41, 5.74) is 0.161. The zero-order valence-corrected chi connectivity index (χ0v) is 18.4. The molecule has 32 heavy (non-hydrogen) atoms. The number of aromatic nitrogens is 1. The number of halogens is 4. The Balaban J connectivity index is 2.18. The average molecular weight is 471 g/mol. The molecule has 1 aromatic heterocycles. The van der Waals surface area contributed by atoms with Crippen LogP contribution in [0.15, 0.2) is 41.3 Å². The molecule has 3 aromatic rings. The topological polar surface area (TPSA) is 65.4 Å². The number of sulfone groups is 1. The number of hydrogen-bond acceptors (Lipinski definition) is 4. The molecule has 0 amide bonds. The van der Waals surface area contributed by atoms with Crippen LogP contribution in [0, 0.1) is 12.7 Å². The number of carbonyl (C=O) groups is 1. The maximum Gasteiger partial charge on any atom is 0.416 e. The Morgan fingerprint density at radius 1 is 1.12 bits per heavy atom. The fourth-order valence-corrected chi connectivity index (χ4v) is 4.31. The Labute approximate surface area is 182 Å². The monoisotopic (exact) mass is 471 g/mol. The third kappa shape index (κ3) is 4.79. The fourth-order valence-electron chi connectivity index (χ4n) is 3.67. The zero-order valence-electron chi connectivity index (χ0n) is 17.6. The van der Waals surface area contributed by atoms with E-state index < -0.39 is 38.3 Å². The molecular formula is C22H21F4NO4S. The normalized spacial score (nSPS) is 12.3. The van der Waals surface area contributed by atoms with Gasteiger partial charge in [-0.3, -0.25) is 4.79 Å². The van der Waals surface area contributed by atoms with Crippen LogP contribution in [0.3, 0.4) is 0 Å². The molecule has 3 rings (SSSR count). The van der Waals surface area contributed by atoms with Gasteiger partial charge < -0.3 is 9.30 Å². The molecule has 0 saturated heterocycles. The van der Waals surface area contributed by atoms with E-state index in [1.165, 1.54) is 18.2 Å². The third-order valence-corrected chi connectivity index (χ3v) is 6.30. The lowest BCUT2D eigenvalue weighted by Gasteiger charge is -2.16. The van der Waals surface area contributed by atoms with Crippen molar-refractivity contribution in [2.45, 2.75) is 37.9 Å². The van der Waals surface area contributed by atoms with Crippen LogP contribution in [0.1, 0.15) is 29.3 Å². The molecule has 0 bridgehead atoms. The van der Waals surface area contributed by atoms with E-state index in [0.717, 1.165) is 18.4 Å². The molecule has 0 fully saturated rings. The highest BCUT2D eigenvalue weighted by Gasteiger charge is 2.34. The van der Waals surface area contributed by atoms with Crippen molar-refractivity contribution < 1.29 is 35.5 Å². The molecule has 0 N–H and O–H groups in total. The molecule has 0 spiro atoms. The number of benzene rings is 2. The summed E-state index contributed by atoms with van der Waals surface area (Å²) in [5, 5.41) is 0.400. The van der Waals surface area contributed by atoms with Gasteiger partial charge in [-0.1, -0.05) is 6.07 Å². The molecule has 172 valence electrons. The summed E-state index contributed by atoms with van der Waals surface area (Å²) in [7, 11) is -3.84. The standard InChI is InChI=1S/C22H21F4NO4S/c1-4-31-21(28)11-17-13(2)27(20-8-6-15(23)9-18(17)20)12-14-5-7-16(32(3,29)30)10-19(14)22(24,25)26/h5-10H,4,11-12H2,1-3H3. The van der Waals surface area contributed by atoms with Crippen LogP contribution >= 0.6 is 0 Å². The van der Waals surface area contributed by atoms with Crippen molar-refractivity contribution in [3.63, 3.8) is 0 Å². The average Bonchev–Trinajstić information content (AvgIpc) is 2.92. The maximum atomic E-state index is 13.9.